The summed E-state index contributed by atoms with van der Waals surface area (Å²) in [6, 6.07) is 0. The molecule has 0 spiro atoms. The molecule has 0 bridgehead atoms. The molecule has 2 aliphatic rings. The standard InChI is InChI=1S/C14H20Cl2O2/c15-12(17)11-8-4-5-9-14(11,13(16)18)10-6-2-1-3-7-10/h10-11H,1-9H2. The highest BCUT2D eigenvalue weighted by Crippen LogP contribution is 2.53. The third kappa shape index (κ3) is 2.46. The summed E-state index contributed by atoms with van der Waals surface area (Å²) in [5.41, 5.74) is -0.668. The summed E-state index contributed by atoms with van der Waals surface area (Å²) < 4.78 is 0. The first kappa shape index (κ1) is 14.3. The van der Waals surface area contributed by atoms with Crippen LogP contribution >= 0.6 is 23.2 Å². The molecule has 2 fully saturated rings. The van der Waals surface area contributed by atoms with Gasteiger partial charge in [0.2, 0.25) is 10.5 Å². The first-order valence-corrected chi connectivity index (χ1v) is 7.74. The predicted octanol–water partition coefficient (Wildman–Crippen LogP) is 4.27. The van der Waals surface area contributed by atoms with Crippen molar-refractivity contribution < 1.29 is 9.59 Å². The second-order valence-corrected chi connectivity index (χ2v) is 6.47. The zero-order valence-electron chi connectivity index (χ0n) is 10.6. The molecule has 0 aromatic heterocycles. The van der Waals surface area contributed by atoms with Gasteiger partial charge in [0, 0.05) is 5.92 Å². The Labute approximate surface area is 118 Å². The summed E-state index contributed by atoms with van der Waals surface area (Å²) in [4.78, 5) is 23.8. The molecule has 18 heavy (non-hydrogen) atoms. The van der Waals surface area contributed by atoms with E-state index in [0.29, 0.717) is 0 Å². The molecule has 0 N–H and O–H groups in total. The summed E-state index contributed by atoms with van der Waals surface area (Å²) in [6.07, 6.45) is 8.94. The Bertz CT molecular complexity index is 337. The highest BCUT2D eigenvalue weighted by molar-refractivity contribution is 6.67. The molecule has 0 aromatic rings. The van der Waals surface area contributed by atoms with E-state index in [1.807, 2.05) is 0 Å². The summed E-state index contributed by atoms with van der Waals surface area (Å²) >= 11 is 11.7. The number of rotatable bonds is 3. The second kappa shape index (κ2) is 5.92. The molecule has 2 unspecified atom stereocenters. The minimum atomic E-state index is -0.668. The van der Waals surface area contributed by atoms with Gasteiger partial charge in [-0.2, -0.15) is 0 Å². The largest absolute Gasteiger partial charge is 0.281 e. The molecule has 0 amide bonds. The Hall–Kier alpha value is -0.0800. The van der Waals surface area contributed by atoms with Gasteiger partial charge in [-0.25, -0.2) is 0 Å². The molecule has 0 aliphatic heterocycles. The summed E-state index contributed by atoms with van der Waals surface area (Å²) in [6.45, 7) is 0. The topological polar surface area (TPSA) is 34.1 Å². The van der Waals surface area contributed by atoms with Crippen molar-refractivity contribution in [3.63, 3.8) is 0 Å². The van der Waals surface area contributed by atoms with Gasteiger partial charge >= 0.3 is 0 Å². The lowest BCUT2D eigenvalue weighted by atomic mass is 9.57. The molecule has 2 atom stereocenters. The Morgan fingerprint density at radius 1 is 0.889 bits per heavy atom. The van der Waals surface area contributed by atoms with Crippen LogP contribution in [0.1, 0.15) is 57.8 Å². The van der Waals surface area contributed by atoms with Gasteiger partial charge in [-0.15, -0.1) is 0 Å². The third-order valence-corrected chi connectivity index (χ3v) is 5.54. The van der Waals surface area contributed by atoms with E-state index in [9.17, 15) is 9.59 Å². The van der Waals surface area contributed by atoms with Crippen molar-refractivity contribution in [3.8, 4) is 0 Å². The molecular formula is C14H20Cl2O2. The average Bonchev–Trinajstić information content (AvgIpc) is 2.39. The minimum Gasteiger partial charge on any atom is -0.281 e. The molecule has 2 saturated carbocycles. The van der Waals surface area contributed by atoms with Crippen LogP contribution in [0, 0.1) is 17.3 Å². The lowest BCUT2D eigenvalue weighted by Gasteiger charge is -2.46. The van der Waals surface area contributed by atoms with E-state index in [1.165, 1.54) is 6.42 Å². The number of halogens is 2. The van der Waals surface area contributed by atoms with Crippen LogP contribution in [-0.2, 0) is 9.59 Å². The van der Waals surface area contributed by atoms with Crippen molar-refractivity contribution in [3.05, 3.63) is 0 Å². The van der Waals surface area contributed by atoms with Gasteiger partial charge in [-0.1, -0.05) is 32.1 Å². The van der Waals surface area contributed by atoms with Crippen LogP contribution in [0.3, 0.4) is 0 Å². The highest BCUT2D eigenvalue weighted by Gasteiger charge is 2.53. The molecule has 102 valence electrons. The van der Waals surface area contributed by atoms with E-state index >= 15 is 0 Å². The van der Waals surface area contributed by atoms with Crippen molar-refractivity contribution in [2.45, 2.75) is 57.8 Å². The fraction of sp³-hybridized carbons (Fsp3) is 0.857. The number of hydrogen-bond donors (Lipinski definition) is 0. The Balaban J connectivity index is 2.32. The van der Waals surface area contributed by atoms with Crippen LogP contribution in [0.4, 0.5) is 0 Å². The van der Waals surface area contributed by atoms with Crippen LogP contribution in [0.15, 0.2) is 0 Å². The number of hydrogen-bond acceptors (Lipinski definition) is 2. The van der Waals surface area contributed by atoms with E-state index in [2.05, 4.69) is 0 Å². The molecular weight excluding hydrogens is 271 g/mol. The van der Waals surface area contributed by atoms with Gasteiger partial charge in [-0.05, 0) is 54.8 Å². The van der Waals surface area contributed by atoms with Crippen LogP contribution in [0.2, 0.25) is 0 Å². The van der Waals surface area contributed by atoms with E-state index in [0.717, 1.165) is 51.4 Å². The minimum absolute atomic E-state index is 0.254. The van der Waals surface area contributed by atoms with Crippen molar-refractivity contribution in [2.24, 2.45) is 17.3 Å². The Kier molecular flexibility index (Phi) is 4.71. The van der Waals surface area contributed by atoms with Crippen LogP contribution in [-0.4, -0.2) is 10.5 Å². The van der Waals surface area contributed by atoms with Crippen molar-refractivity contribution in [1.29, 1.82) is 0 Å². The van der Waals surface area contributed by atoms with Crippen molar-refractivity contribution >= 4 is 33.7 Å². The maximum atomic E-state index is 12.1. The maximum absolute atomic E-state index is 12.1. The second-order valence-electron chi connectivity index (χ2n) is 5.75. The van der Waals surface area contributed by atoms with Crippen molar-refractivity contribution in [2.75, 3.05) is 0 Å². The van der Waals surface area contributed by atoms with Crippen LogP contribution < -0.4 is 0 Å². The summed E-state index contributed by atoms with van der Waals surface area (Å²) in [5, 5.41) is -0.692. The van der Waals surface area contributed by atoms with Crippen LogP contribution in [0.5, 0.6) is 0 Å². The molecule has 0 aromatic carbocycles. The summed E-state index contributed by atoms with van der Waals surface area (Å²) in [7, 11) is 0. The molecule has 0 radical (unpaired) electrons. The van der Waals surface area contributed by atoms with E-state index in [4.69, 9.17) is 23.2 Å². The zero-order valence-corrected chi connectivity index (χ0v) is 12.1. The fourth-order valence-corrected chi connectivity index (χ4v) is 4.70. The number of carbonyl (C=O) groups excluding carboxylic acids is 2. The average molecular weight is 291 g/mol. The van der Waals surface area contributed by atoms with Crippen molar-refractivity contribution in [1.82, 2.24) is 0 Å². The molecule has 0 heterocycles. The third-order valence-electron chi connectivity index (χ3n) is 4.93. The van der Waals surface area contributed by atoms with Crippen LogP contribution in [0.25, 0.3) is 0 Å². The summed E-state index contributed by atoms with van der Waals surface area (Å²) in [5.74, 6) is -0.106. The monoisotopic (exact) mass is 290 g/mol. The van der Waals surface area contributed by atoms with Gasteiger partial charge in [0.15, 0.2) is 0 Å². The van der Waals surface area contributed by atoms with Gasteiger partial charge < -0.3 is 0 Å². The van der Waals surface area contributed by atoms with Gasteiger partial charge in [-0.3, -0.25) is 9.59 Å². The zero-order chi connectivity index (χ0) is 13.2. The molecule has 2 rings (SSSR count). The first-order chi connectivity index (χ1) is 8.59. The first-order valence-electron chi connectivity index (χ1n) is 6.98. The Morgan fingerprint density at radius 2 is 1.50 bits per heavy atom. The quantitative estimate of drug-likeness (QED) is 0.727. The lowest BCUT2D eigenvalue weighted by molar-refractivity contribution is -0.139. The highest BCUT2D eigenvalue weighted by atomic mass is 35.5. The lowest BCUT2D eigenvalue weighted by Crippen LogP contribution is -2.48. The van der Waals surface area contributed by atoms with Gasteiger partial charge in [0.05, 0.1) is 5.41 Å². The van der Waals surface area contributed by atoms with E-state index < -0.39 is 5.41 Å². The molecule has 4 heteroatoms. The van der Waals surface area contributed by atoms with Gasteiger partial charge in [0.25, 0.3) is 0 Å². The van der Waals surface area contributed by atoms with E-state index in [-0.39, 0.29) is 22.3 Å². The molecule has 2 nitrogen and oxygen atoms in total. The van der Waals surface area contributed by atoms with E-state index in [1.54, 1.807) is 0 Å². The molecule has 2 aliphatic carbocycles. The Morgan fingerprint density at radius 3 is 2.06 bits per heavy atom. The van der Waals surface area contributed by atoms with Gasteiger partial charge in [0.1, 0.15) is 0 Å². The number of carbonyl (C=O) groups is 2. The fourth-order valence-electron chi connectivity index (χ4n) is 4.02. The maximum Gasteiger partial charge on any atom is 0.228 e. The predicted molar refractivity (Wildman–Crippen MR) is 72.7 cm³/mol. The smallest absolute Gasteiger partial charge is 0.228 e. The molecule has 0 saturated heterocycles. The SMILES string of the molecule is O=C(Cl)C1CCCCC1(C(=O)Cl)C1CCCCC1. The normalized spacial score (nSPS) is 34.2.